The molecule has 0 radical (unpaired) electrons. The van der Waals surface area contributed by atoms with Crippen LogP contribution in [-0.2, 0) is 14.1 Å². The van der Waals surface area contributed by atoms with Crippen LogP contribution in [0.1, 0.15) is 19.4 Å². The molecule has 0 aliphatic heterocycles. The lowest BCUT2D eigenvalue weighted by atomic mass is 10.1. The second kappa shape index (κ2) is 6.54. The number of benzene rings is 1. The highest BCUT2D eigenvalue weighted by Gasteiger charge is 2.22. The Morgan fingerprint density at radius 2 is 1.76 bits per heavy atom. The van der Waals surface area contributed by atoms with Crippen molar-refractivity contribution in [3.63, 3.8) is 0 Å². The van der Waals surface area contributed by atoms with Gasteiger partial charge in [0.05, 0.1) is 29.2 Å². The highest BCUT2D eigenvalue weighted by atomic mass is 35.5. The third kappa shape index (κ3) is 2.71. The second-order valence-corrected chi connectivity index (χ2v) is 6.54. The van der Waals surface area contributed by atoms with Crippen molar-refractivity contribution < 1.29 is 5.11 Å². The number of aromatic nitrogens is 3. The van der Waals surface area contributed by atoms with Gasteiger partial charge in [0.15, 0.2) is 0 Å². The van der Waals surface area contributed by atoms with Crippen molar-refractivity contribution in [2.75, 3.05) is 6.61 Å². The van der Waals surface area contributed by atoms with Crippen LogP contribution in [0.4, 0.5) is 0 Å². The molecule has 0 saturated carbocycles. The maximum absolute atomic E-state index is 12.8. The quantitative estimate of drug-likeness (QED) is 0.775. The predicted octanol–water partition coefficient (Wildman–Crippen LogP) is 2.30. The van der Waals surface area contributed by atoms with Gasteiger partial charge in [0.2, 0.25) is 0 Å². The van der Waals surface area contributed by atoms with Crippen molar-refractivity contribution in [1.82, 2.24) is 13.7 Å². The number of aliphatic hydroxyl groups excluding tert-OH is 1. The maximum atomic E-state index is 12.8. The monoisotopic (exact) mass is 361 g/mol. The summed E-state index contributed by atoms with van der Waals surface area (Å²) in [6, 6.07) is 6.99. The number of nitrogens with zero attached hydrogens (tertiary/aromatic N) is 3. The summed E-state index contributed by atoms with van der Waals surface area (Å²) in [6.07, 6.45) is 2.46. The lowest BCUT2D eigenvalue weighted by Gasteiger charge is -2.18. The molecule has 0 bridgehead atoms. The van der Waals surface area contributed by atoms with Crippen molar-refractivity contribution in [3.8, 4) is 11.3 Å². The van der Waals surface area contributed by atoms with Gasteiger partial charge in [-0.25, -0.2) is 4.79 Å². The lowest BCUT2D eigenvalue weighted by molar-refractivity contribution is 0.226. The van der Waals surface area contributed by atoms with Crippen molar-refractivity contribution in [1.29, 1.82) is 0 Å². The van der Waals surface area contributed by atoms with Crippen LogP contribution < -0.4 is 11.2 Å². The Hall–Kier alpha value is -2.31. The molecule has 0 unspecified atom stereocenters. The second-order valence-electron chi connectivity index (χ2n) is 6.10. The molecule has 6 nitrogen and oxygen atoms in total. The Balaban J connectivity index is 2.50. The van der Waals surface area contributed by atoms with Crippen LogP contribution in [0, 0.1) is 0 Å². The minimum atomic E-state index is -0.380. The molecule has 1 atom stereocenters. The summed E-state index contributed by atoms with van der Waals surface area (Å²) in [5.74, 6) is 0. The molecule has 1 aromatic carbocycles. The molecule has 3 rings (SSSR count). The summed E-state index contributed by atoms with van der Waals surface area (Å²) in [5.41, 5.74) is 1.31. The van der Waals surface area contributed by atoms with Crippen LogP contribution in [0.3, 0.4) is 0 Å². The predicted molar refractivity (Wildman–Crippen MR) is 99.3 cm³/mol. The molecule has 0 spiro atoms. The molecule has 0 fully saturated rings. The Kier molecular flexibility index (Phi) is 4.58. The van der Waals surface area contributed by atoms with E-state index in [1.54, 1.807) is 25.4 Å². The van der Waals surface area contributed by atoms with Gasteiger partial charge in [0.1, 0.15) is 0 Å². The molecular formula is C18H20ClN3O3. The van der Waals surface area contributed by atoms with Crippen LogP contribution in [-0.4, -0.2) is 25.4 Å². The van der Waals surface area contributed by atoms with Gasteiger partial charge in [-0.15, -0.1) is 0 Å². The standard InChI is InChI=1S/C18H20ClN3O3/c1-4-13(10-23)22-9-14-15(17(24)21(3)18(25)20(14)2)16(22)11-5-7-12(19)8-6-11/h5-9,13,23H,4,10H2,1-3H3/t13-/m1/s1. The highest BCUT2D eigenvalue weighted by Crippen LogP contribution is 2.32. The van der Waals surface area contributed by atoms with Crippen LogP contribution in [0.5, 0.6) is 0 Å². The first kappa shape index (κ1) is 17.5. The van der Waals surface area contributed by atoms with Gasteiger partial charge in [-0.05, 0) is 24.1 Å². The van der Waals surface area contributed by atoms with Gasteiger partial charge >= 0.3 is 5.69 Å². The summed E-state index contributed by atoms with van der Waals surface area (Å²) >= 11 is 5.99. The van der Waals surface area contributed by atoms with Gasteiger partial charge in [-0.1, -0.05) is 30.7 Å². The zero-order chi connectivity index (χ0) is 18.3. The molecule has 1 N–H and O–H groups in total. The fourth-order valence-corrected chi connectivity index (χ4v) is 3.29. The fraction of sp³-hybridized carbons (Fsp3) is 0.333. The zero-order valence-electron chi connectivity index (χ0n) is 14.4. The van der Waals surface area contributed by atoms with Crippen LogP contribution in [0.2, 0.25) is 5.02 Å². The maximum Gasteiger partial charge on any atom is 0.330 e. The van der Waals surface area contributed by atoms with Crippen molar-refractivity contribution in [2.24, 2.45) is 14.1 Å². The smallest absolute Gasteiger partial charge is 0.330 e. The van der Waals surface area contributed by atoms with Crippen LogP contribution in [0.25, 0.3) is 22.2 Å². The van der Waals surface area contributed by atoms with Crippen molar-refractivity contribution in [3.05, 3.63) is 56.3 Å². The van der Waals surface area contributed by atoms with E-state index in [1.807, 2.05) is 23.6 Å². The van der Waals surface area contributed by atoms with Crippen molar-refractivity contribution >= 4 is 22.5 Å². The van der Waals surface area contributed by atoms with Gasteiger partial charge in [-0.2, -0.15) is 0 Å². The first-order valence-electron chi connectivity index (χ1n) is 8.08. The van der Waals surface area contributed by atoms with Gasteiger partial charge < -0.3 is 9.67 Å². The topological polar surface area (TPSA) is 69.2 Å². The minimum absolute atomic E-state index is 0.0632. The zero-order valence-corrected chi connectivity index (χ0v) is 15.1. The summed E-state index contributed by atoms with van der Waals surface area (Å²) in [4.78, 5) is 25.1. The molecule has 7 heteroatoms. The van der Waals surface area contributed by atoms with E-state index in [2.05, 4.69) is 0 Å². The van der Waals surface area contributed by atoms with E-state index in [1.165, 1.54) is 11.6 Å². The summed E-state index contributed by atoms with van der Waals surface area (Å²) < 4.78 is 4.44. The number of aryl methyl sites for hydroxylation is 1. The van der Waals surface area contributed by atoms with Crippen LogP contribution >= 0.6 is 11.6 Å². The van der Waals surface area contributed by atoms with Gasteiger partial charge in [0.25, 0.3) is 5.56 Å². The molecule has 2 heterocycles. The molecule has 0 aliphatic carbocycles. The van der Waals surface area contributed by atoms with E-state index < -0.39 is 0 Å². The van der Waals surface area contributed by atoms with Gasteiger partial charge in [0, 0.05) is 25.3 Å². The number of aliphatic hydroxyl groups is 1. The molecule has 3 aromatic rings. The number of hydrogen-bond acceptors (Lipinski definition) is 3. The third-order valence-corrected chi connectivity index (χ3v) is 4.91. The summed E-state index contributed by atoms with van der Waals surface area (Å²) in [5, 5.41) is 10.8. The number of halogens is 1. The third-order valence-electron chi connectivity index (χ3n) is 4.66. The molecule has 132 valence electrons. The molecule has 25 heavy (non-hydrogen) atoms. The van der Waals surface area contributed by atoms with E-state index >= 15 is 0 Å². The first-order valence-corrected chi connectivity index (χ1v) is 8.45. The Bertz CT molecular complexity index is 1040. The van der Waals surface area contributed by atoms with Crippen LogP contribution in [0.15, 0.2) is 40.1 Å². The van der Waals surface area contributed by atoms with E-state index in [9.17, 15) is 14.7 Å². The SMILES string of the molecule is CC[C@H](CO)n1cc2c(c1-c1ccc(Cl)cc1)c(=O)n(C)c(=O)n2C. The highest BCUT2D eigenvalue weighted by molar-refractivity contribution is 6.30. The average Bonchev–Trinajstić information content (AvgIpc) is 3.00. The molecule has 0 aliphatic rings. The van der Waals surface area contributed by atoms with E-state index in [0.717, 1.165) is 10.1 Å². The molecule has 0 saturated heterocycles. The number of fused-ring (bicyclic) bond motifs is 1. The normalized spacial score (nSPS) is 12.7. The first-order chi connectivity index (χ1) is 11.9. The van der Waals surface area contributed by atoms with E-state index in [0.29, 0.717) is 28.0 Å². The molecule has 0 amide bonds. The fourth-order valence-electron chi connectivity index (χ4n) is 3.16. The summed E-state index contributed by atoms with van der Waals surface area (Å²) in [6.45, 7) is 1.90. The summed E-state index contributed by atoms with van der Waals surface area (Å²) in [7, 11) is 3.11. The van der Waals surface area contributed by atoms with E-state index in [-0.39, 0.29) is 23.9 Å². The number of rotatable bonds is 4. The number of hydrogen-bond donors (Lipinski definition) is 1. The lowest BCUT2D eigenvalue weighted by Crippen LogP contribution is -2.36. The molecule has 2 aromatic heterocycles. The average molecular weight is 362 g/mol. The minimum Gasteiger partial charge on any atom is -0.394 e. The molecular weight excluding hydrogens is 342 g/mol. The Morgan fingerprint density at radius 3 is 2.32 bits per heavy atom. The Labute approximate surface area is 149 Å². The largest absolute Gasteiger partial charge is 0.394 e. The van der Waals surface area contributed by atoms with Crippen molar-refractivity contribution in [2.45, 2.75) is 19.4 Å². The van der Waals surface area contributed by atoms with E-state index in [4.69, 9.17) is 11.6 Å². The van der Waals surface area contributed by atoms with Gasteiger partial charge in [-0.3, -0.25) is 13.9 Å². The Morgan fingerprint density at radius 1 is 1.12 bits per heavy atom.